The summed E-state index contributed by atoms with van der Waals surface area (Å²) in [5, 5.41) is 15.6. The van der Waals surface area contributed by atoms with Crippen LogP contribution in [0.1, 0.15) is 12.5 Å². The number of nitrogens with one attached hydrogen (secondary N) is 2. The number of anilines is 1. The number of rotatable bonds is 7. The van der Waals surface area contributed by atoms with Gasteiger partial charge in [-0.3, -0.25) is 9.59 Å². The fourth-order valence-corrected chi connectivity index (χ4v) is 3.27. The van der Waals surface area contributed by atoms with Gasteiger partial charge in [0.15, 0.2) is 17.5 Å². The lowest BCUT2D eigenvalue weighted by Crippen LogP contribution is -2.37. The molecule has 2 amide bonds. The van der Waals surface area contributed by atoms with Crippen molar-refractivity contribution in [3.63, 3.8) is 0 Å². The maximum atomic E-state index is 13.6. The molecule has 0 saturated heterocycles. The first-order chi connectivity index (χ1) is 14.8. The largest absolute Gasteiger partial charge is 0.346 e. The number of nitrogens with zero attached hydrogens (tertiary/aromatic N) is 4. The summed E-state index contributed by atoms with van der Waals surface area (Å²) in [4.78, 5) is 24.2. The van der Waals surface area contributed by atoms with E-state index in [0.29, 0.717) is 11.2 Å². The summed E-state index contributed by atoms with van der Waals surface area (Å²) in [7, 11) is 0. The van der Waals surface area contributed by atoms with Gasteiger partial charge < -0.3 is 10.6 Å². The molecular formula is C19H17F3N6O2S. The average molecular weight is 450 g/mol. The van der Waals surface area contributed by atoms with Gasteiger partial charge in [-0.15, -0.1) is 5.10 Å². The second-order valence-electron chi connectivity index (χ2n) is 6.46. The van der Waals surface area contributed by atoms with Crippen LogP contribution in [0, 0.1) is 24.4 Å². The van der Waals surface area contributed by atoms with Crippen molar-refractivity contribution in [3.8, 4) is 5.69 Å². The molecule has 2 N–H and O–H groups in total. The van der Waals surface area contributed by atoms with Crippen molar-refractivity contribution in [1.82, 2.24) is 25.5 Å². The first-order valence-electron chi connectivity index (χ1n) is 8.99. The number of hydrogen-bond acceptors (Lipinski definition) is 6. The van der Waals surface area contributed by atoms with Crippen LogP contribution in [0.3, 0.4) is 0 Å². The molecule has 12 heteroatoms. The number of tetrazole rings is 1. The van der Waals surface area contributed by atoms with Crippen LogP contribution >= 0.6 is 11.8 Å². The molecule has 3 rings (SSSR count). The average Bonchev–Trinajstić information content (AvgIpc) is 3.21. The second-order valence-corrected chi connectivity index (χ2v) is 7.77. The molecule has 0 radical (unpaired) electrons. The number of hydrogen-bond donors (Lipinski definition) is 2. The van der Waals surface area contributed by atoms with Crippen LogP contribution in [0.5, 0.6) is 0 Å². The fraction of sp³-hybridized carbons (Fsp3) is 0.211. The van der Waals surface area contributed by atoms with E-state index < -0.39 is 46.7 Å². The van der Waals surface area contributed by atoms with Crippen LogP contribution in [-0.2, 0) is 9.59 Å². The number of aryl methyl sites for hydroxylation is 1. The van der Waals surface area contributed by atoms with Gasteiger partial charge in [0.2, 0.25) is 17.0 Å². The van der Waals surface area contributed by atoms with Crippen LogP contribution in [0.2, 0.25) is 0 Å². The zero-order chi connectivity index (χ0) is 22.5. The van der Waals surface area contributed by atoms with E-state index in [1.165, 1.54) is 4.68 Å². The number of benzene rings is 2. The predicted molar refractivity (Wildman–Crippen MR) is 107 cm³/mol. The molecule has 0 spiro atoms. The van der Waals surface area contributed by atoms with Crippen LogP contribution < -0.4 is 10.6 Å². The van der Waals surface area contributed by atoms with E-state index in [-0.39, 0.29) is 0 Å². The summed E-state index contributed by atoms with van der Waals surface area (Å²) in [6, 6.07) is 9.04. The summed E-state index contributed by atoms with van der Waals surface area (Å²) in [6.07, 6.45) is 0. The molecule has 0 aliphatic rings. The van der Waals surface area contributed by atoms with Crippen molar-refractivity contribution in [1.29, 1.82) is 0 Å². The summed E-state index contributed by atoms with van der Waals surface area (Å²) < 4.78 is 41.3. The van der Waals surface area contributed by atoms with Crippen molar-refractivity contribution >= 4 is 29.3 Å². The van der Waals surface area contributed by atoms with Gasteiger partial charge in [-0.05, 0) is 48.5 Å². The Balaban J connectivity index is 1.56. The maximum absolute atomic E-state index is 13.6. The zero-order valence-corrected chi connectivity index (χ0v) is 17.2. The van der Waals surface area contributed by atoms with Crippen molar-refractivity contribution in [2.45, 2.75) is 24.3 Å². The van der Waals surface area contributed by atoms with Gasteiger partial charge in [0, 0.05) is 0 Å². The minimum Gasteiger partial charge on any atom is -0.346 e. The molecule has 1 unspecified atom stereocenters. The molecule has 0 bridgehead atoms. The highest BCUT2D eigenvalue weighted by Crippen LogP contribution is 2.23. The molecule has 0 fully saturated rings. The first-order valence-corrected chi connectivity index (χ1v) is 9.87. The van der Waals surface area contributed by atoms with Crippen molar-refractivity contribution < 1.29 is 22.8 Å². The standard InChI is InChI=1S/C19H17F3N6O2S/c1-10-3-5-12(6-4-10)28-19(25-26-27-28)31-11(2)18(30)23-9-15(29)24-14-8-7-13(20)16(21)17(14)22/h3-8,11H,9H2,1-2H3,(H,23,30)(H,24,29). The lowest BCUT2D eigenvalue weighted by molar-refractivity contribution is -0.123. The van der Waals surface area contributed by atoms with Crippen LogP contribution in [0.15, 0.2) is 41.6 Å². The quantitative estimate of drug-likeness (QED) is 0.424. The Kier molecular flexibility index (Phi) is 6.90. The van der Waals surface area contributed by atoms with E-state index in [2.05, 4.69) is 26.2 Å². The molecular weight excluding hydrogens is 433 g/mol. The van der Waals surface area contributed by atoms with Crippen molar-refractivity contribution in [2.24, 2.45) is 0 Å². The molecule has 0 saturated carbocycles. The third-order valence-corrected chi connectivity index (χ3v) is 5.14. The van der Waals surface area contributed by atoms with Crippen molar-refractivity contribution in [3.05, 3.63) is 59.4 Å². The van der Waals surface area contributed by atoms with Gasteiger partial charge in [-0.25, -0.2) is 13.2 Å². The van der Waals surface area contributed by atoms with E-state index in [0.717, 1.165) is 29.1 Å². The van der Waals surface area contributed by atoms with Gasteiger partial charge in [0.25, 0.3) is 0 Å². The zero-order valence-electron chi connectivity index (χ0n) is 16.4. The maximum Gasteiger partial charge on any atom is 0.243 e. The summed E-state index contributed by atoms with van der Waals surface area (Å²) in [5.41, 5.74) is 1.26. The van der Waals surface area contributed by atoms with Gasteiger partial charge in [-0.2, -0.15) is 4.68 Å². The minimum absolute atomic E-state index is 0.375. The second kappa shape index (κ2) is 9.60. The normalized spacial score (nSPS) is 11.8. The Bertz CT molecular complexity index is 1110. The molecule has 8 nitrogen and oxygen atoms in total. The number of aromatic nitrogens is 4. The van der Waals surface area contributed by atoms with Gasteiger partial charge in [-0.1, -0.05) is 29.5 Å². The number of carbonyl (C=O) groups excluding carboxylic acids is 2. The summed E-state index contributed by atoms with van der Waals surface area (Å²) >= 11 is 1.08. The molecule has 0 aliphatic carbocycles. The number of amides is 2. The molecule has 3 aromatic rings. The Labute approximate surface area is 179 Å². The summed E-state index contributed by atoms with van der Waals surface area (Å²) in [5.74, 6) is -5.89. The fourth-order valence-electron chi connectivity index (χ4n) is 2.44. The molecule has 31 heavy (non-hydrogen) atoms. The van der Waals surface area contributed by atoms with Gasteiger partial charge in [0.05, 0.1) is 23.2 Å². The molecule has 1 heterocycles. The van der Waals surface area contributed by atoms with Crippen LogP contribution in [0.25, 0.3) is 5.69 Å². The predicted octanol–water partition coefficient (Wildman–Crippen LogP) is 2.62. The Morgan fingerprint density at radius 3 is 2.52 bits per heavy atom. The highest BCUT2D eigenvalue weighted by atomic mass is 32.2. The Hall–Kier alpha value is -3.41. The smallest absolute Gasteiger partial charge is 0.243 e. The molecule has 2 aromatic carbocycles. The molecule has 162 valence electrons. The SMILES string of the molecule is Cc1ccc(-n2nnnc2SC(C)C(=O)NCC(=O)Nc2ccc(F)c(F)c2F)cc1. The van der Waals surface area contributed by atoms with Crippen LogP contribution in [0.4, 0.5) is 18.9 Å². The first kappa shape index (κ1) is 22.3. The Morgan fingerprint density at radius 2 is 1.81 bits per heavy atom. The Morgan fingerprint density at radius 1 is 1.10 bits per heavy atom. The molecule has 0 aliphatic heterocycles. The number of thioether (sulfide) groups is 1. The molecule has 1 aromatic heterocycles. The van der Waals surface area contributed by atoms with E-state index in [1.54, 1.807) is 6.92 Å². The minimum atomic E-state index is -1.70. The topological polar surface area (TPSA) is 102 Å². The van der Waals surface area contributed by atoms with E-state index in [4.69, 9.17) is 0 Å². The van der Waals surface area contributed by atoms with E-state index >= 15 is 0 Å². The lowest BCUT2D eigenvalue weighted by atomic mass is 10.2. The lowest BCUT2D eigenvalue weighted by Gasteiger charge is -2.12. The summed E-state index contributed by atoms with van der Waals surface area (Å²) in [6.45, 7) is 3.05. The third kappa shape index (κ3) is 5.40. The van der Waals surface area contributed by atoms with E-state index in [9.17, 15) is 22.8 Å². The van der Waals surface area contributed by atoms with Crippen molar-refractivity contribution in [2.75, 3.05) is 11.9 Å². The van der Waals surface area contributed by atoms with E-state index in [1.807, 2.05) is 31.2 Å². The van der Waals surface area contributed by atoms with Gasteiger partial charge >= 0.3 is 0 Å². The monoisotopic (exact) mass is 450 g/mol. The number of carbonyl (C=O) groups is 2. The number of halogens is 3. The highest BCUT2D eigenvalue weighted by molar-refractivity contribution is 8.00. The highest BCUT2D eigenvalue weighted by Gasteiger charge is 2.20. The van der Waals surface area contributed by atoms with Gasteiger partial charge in [0.1, 0.15) is 0 Å². The van der Waals surface area contributed by atoms with Crippen LogP contribution in [-0.4, -0.2) is 43.8 Å². The molecule has 1 atom stereocenters. The third-order valence-electron chi connectivity index (χ3n) is 4.10.